The van der Waals surface area contributed by atoms with Crippen LogP contribution >= 0.6 is 15.9 Å². The van der Waals surface area contributed by atoms with Crippen LogP contribution in [0.3, 0.4) is 0 Å². The largest absolute Gasteiger partial charge is 0.496 e. The van der Waals surface area contributed by atoms with Crippen molar-refractivity contribution in [3.8, 4) is 5.75 Å². The van der Waals surface area contributed by atoms with Crippen molar-refractivity contribution in [1.82, 2.24) is 4.90 Å². The minimum atomic E-state index is 0.888. The Balaban J connectivity index is 2.80. The molecule has 2 nitrogen and oxygen atoms in total. The summed E-state index contributed by atoms with van der Waals surface area (Å²) in [7, 11) is 5.78. The van der Waals surface area contributed by atoms with Crippen LogP contribution in [0.5, 0.6) is 5.75 Å². The van der Waals surface area contributed by atoms with Crippen LogP contribution in [0.25, 0.3) is 6.08 Å². The molecular formula is C12H16BrNO. The lowest BCUT2D eigenvalue weighted by Gasteiger charge is -2.06. The van der Waals surface area contributed by atoms with Gasteiger partial charge in [0.15, 0.2) is 0 Å². The molecule has 0 saturated heterocycles. The Morgan fingerprint density at radius 1 is 1.40 bits per heavy atom. The SMILES string of the molecule is COc1cc(Br)ccc1/C=C/CN(C)C. The zero-order valence-electron chi connectivity index (χ0n) is 9.33. The van der Waals surface area contributed by atoms with Gasteiger partial charge < -0.3 is 9.64 Å². The number of hydrogen-bond donors (Lipinski definition) is 0. The molecule has 0 spiro atoms. The summed E-state index contributed by atoms with van der Waals surface area (Å²) in [4.78, 5) is 2.11. The molecule has 0 N–H and O–H groups in total. The van der Waals surface area contributed by atoms with Crippen LogP contribution in [0.2, 0.25) is 0 Å². The first-order chi connectivity index (χ1) is 7.13. The molecule has 82 valence electrons. The Morgan fingerprint density at radius 2 is 2.13 bits per heavy atom. The fourth-order valence-electron chi connectivity index (χ4n) is 1.21. The summed E-state index contributed by atoms with van der Waals surface area (Å²) in [5, 5.41) is 0. The van der Waals surface area contributed by atoms with Gasteiger partial charge in [0.05, 0.1) is 7.11 Å². The Morgan fingerprint density at radius 3 is 2.73 bits per heavy atom. The third-order valence-corrected chi connectivity index (χ3v) is 2.46. The van der Waals surface area contributed by atoms with Gasteiger partial charge in [-0.05, 0) is 26.2 Å². The van der Waals surface area contributed by atoms with Crippen LogP contribution in [-0.4, -0.2) is 32.6 Å². The van der Waals surface area contributed by atoms with Gasteiger partial charge in [-0.3, -0.25) is 0 Å². The molecule has 1 rings (SSSR count). The number of nitrogens with zero attached hydrogens (tertiary/aromatic N) is 1. The molecule has 0 saturated carbocycles. The molecule has 0 aliphatic carbocycles. The van der Waals surface area contributed by atoms with Gasteiger partial charge in [0.1, 0.15) is 5.75 Å². The smallest absolute Gasteiger partial charge is 0.127 e. The number of likely N-dealkylation sites (N-methyl/N-ethyl adjacent to an activating group) is 1. The van der Waals surface area contributed by atoms with E-state index in [9.17, 15) is 0 Å². The van der Waals surface area contributed by atoms with E-state index < -0.39 is 0 Å². The van der Waals surface area contributed by atoms with Gasteiger partial charge >= 0.3 is 0 Å². The lowest BCUT2D eigenvalue weighted by molar-refractivity contribution is 0.413. The van der Waals surface area contributed by atoms with Gasteiger partial charge in [-0.1, -0.05) is 34.1 Å². The van der Waals surface area contributed by atoms with E-state index in [1.807, 2.05) is 32.3 Å². The second-order valence-corrected chi connectivity index (χ2v) is 4.47. The van der Waals surface area contributed by atoms with E-state index in [1.54, 1.807) is 7.11 Å². The highest BCUT2D eigenvalue weighted by molar-refractivity contribution is 9.10. The predicted octanol–water partition coefficient (Wildman–Crippen LogP) is 3.03. The van der Waals surface area contributed by atoms with Crippen LogP contribution in [0.15, 0.2) is 28.7 Å². The van der Waals surface area contributed by atoms with Crippen LogP contribution in [0, 0.1) is 0 Å². The Kier molecular flexibility index (Phi) is 4.85. The molecule has 0 aromatic heterocycles. The summed E-state index contributed by atoms with van der Waals surface area (Å²) in [5.41, 5.74) is 1.10. The number of benzene rings is 1. The maximum atomic E-state index is 5.29. The summed E-state index contributed by atoms with van der Waals surface area (Å²) in [5.74, 6) is 0.888. The quantitative estimate of drug-likeness (QED) is 0.833. The number of rotatable bonds is 4. The lowest BCUT2D eigenvalue weighted by atomic mass is 10.2. The van der Waals surface area contributed by atoms with Crippen molar-refractivity contribution in [1.29, 1.82) is 0 Å². The fraction of sp³-hybridized carbons (Fsp3) is 0.333. The normalized spacial score (nSPS) is 11.3. The Hall–Kier alpha value is -0.800. The van der Waals surface area contributed by atoms with E-state index in [2.05, 4.69) is 33.0 Å². The summed E-state index contributed by atoms with van der Waals surface area (Å²) >= 11 is 3.42. The molecule has 0 bridgehead atoms. The third kappa shape index (κ3) is 4.06. The van der Waals surface area contributed by atoms with Gasteiger partial charge in [-0.15, -0.1) is 0 Å². The van der Waals surface area contributed by atoms with Gasteiger partial charge in [-0.2, -0.15) is 0 Å². The summed E-state index contributed by atoms with van der Waals surface area (Å²) in [6, 6.07) is 6.02. The van der Waals surface area contributed by atoms with E-state index in [0.717, 1.165) is 22.3 Å². The van der Waals surface area contributed by atoms with Crippen molar-refractivity contribution in [2.75, 3.05) is 27.7 Å². The van der Waals surface area contributed by atoms with Gasteiger partial charge in [-0.25, -0.2) is 0 Å². The average Bonchev–Trinajstić information content (AvgIpc) is 2.19. The molecule has 3 heteroatoms. The summed E-state index contributed by atoms with van der Waals surface area (Å²) in [6.07, 6.45) is 4.19. The zero-order chi connectivity index (χ0) is 11.3. The fourth-order valence-corrected chi connectivity index (χ4v) is 1.55. The number of ether oxygens (including phenoxy) is 1. The van der Waals surface area contributed by atoms with Crippen molar-refractivity contribution >= 4 is 22.0 Å². The number of halogens is 1. The van der Waals surface area contributed by atoms with Crippen molar-refractivity contribution in [2.24, 2.45) is 0 Å². The molecule has 0 atom stereocenters. The molecule has 0 radical (unpaired) electrons. The van der Waals surface area contributed by atoms with Crippen molar-refractivity contribution in [3.63, 3.8) is 0 Å². The monoisotopic (exact) mass is 269 g/mol. The highest BCUT2D eigenvalue weighted by atomic mass is 79.9. The van der Waals surface area contributed by atoms with E-state index in [0.29, 0.717) is 0 Å². The lowest BCUT2D eigenvalue weighted by Crippen LogP contribution is -2.10. The molecular weight excluding hydrogens is 254 g/mol. The first-order valence-corrected chi connectivity index (χ1v) is 5.57. The minimum absolute atomic E-state index is 0.888. The van der Waals surface area contributed by atoms with Crippen molar-refractivity contribution in [2.45, 2.75) is 0 Å². The molecule has 15 heavy (non-hydrogen) atoms. The van der Waals surface area contributed by atoms with Gasteiger partial charge in [0, 0.05) is 16.6 Å². The molecule has 0 aliphatic heterocycles. The van der Waals surface area contributed by atoms with Gasteiger partial charge in [0.2, 0.25) is 0 Å². The van der Waals surface area contributed by atoms with Crippen LogP contribution in [-0.2, 0) is 0 Å². The first kappa shape index (κ1) is 12.3. The van der Waals surface area contributed by atoms with Crippen LogP contribution in [0.1, 0.15) is 5.56 Å². The first-order valence-electron chi connectivity index (χ1n) is 4.78. The van der Waals surface area contributed by atoms with E-state index in [4.69, 9.17) is 4.74 Å². The molecule has 0 unspecified atom stereocenters. The van der Waals surface area contributed by atoms with Crippen molar-refractivity contribution < 1.29 is 4.74 Å². The topological polar surface area (TPSA) is 12.5 Å². The molecule has 1 aromatic carbocycles. The maximum absolute atomic E-state index is 5.29. The molecule has 1 aromatic rings. The van der Waals surface area contributed by atoms with E-state index >= 15 is 0 Å². The second-order valence-electron chi connectivity index (χ2n) is 3.55. The highest BCUT2D eigenvalue weighted by Gasteiger charge is 1.99. The van der Waals surface area contributed by atoms with Crippen molar-refractivity contribution in [3.05, 3.63) is 34.3 Å². The molecule has 0 amide bonds. The second kappa shape index (κ2) is 5.93. The van der Waals surface area contributed by atoms with Crippen LogP contribution < -0.4 is 4.74 Å². The average molecular weight is 270 g/mol. The predicted molar refractivity (Wildman–Crippen MR) is 68.3 cm³/mol. The highest BCUT2D eigenvalue weighted by Crippen LogP contribution is 2.24. The third-order valence-electron chi connectivity index (χ3n) is 1.96. The summed E-state index contributed by atoms with van der Waals surface area (Å²) in [6.45, 7) is 0.930. The zero-order valence-corrected chi connectivity index (χ0v) is 10.9. The number of methoxy groups -OCH3 is 1. The van der Waals surface area contributed by atoms with E-state index in [-0.39, 0.29) is 0 Å². The minimum Gasteiger partial charge on any atom is -0.496 e. The molecule has 0 fully saturated rings. The molecule has 0 aliphatic rings. The summed E-state index contributed by atoms with van der Waals surface area (Å²) < 4.78 is 6.32. The Labute approximate surface area is 99.7 Å². The Bertz CT molecular complexity index is 347. The number of hydrogen-bond acceptors (Lipinski definition) is 2. The molecule has 0 heterocycles. The maximum Gasteiger partial charge on any atom is 0.127 e. The van der Waals surface area contributed by atoms with E-state index in [1.165, 1.54) is 0 Å². The van der Waals surface area contributed by atoms with Crippen LogP contribution in [0.4, 0.5) is 0 Å². The van der Waals surface area contributed by atoms with Gasteiger partial charge in [0.25, 0.3) is 0 Å². The standard InChI is InChI=1S/C12H16BrNO/c1-14(2)8-4-5-10-6-7-11(13)9-12(10)15-3/h4-7,9H,8H2,1-3H3/b5-4+.